The maximum atomic E-state index is 11.6. The quantitative estimate of drug-likeness (QED) is 0.773. The Morgan fingerprint density at radius 3 is 2.12 bits per heavy atom. The third-order valence-electron chi connectivity index (χ3n) is 2.69. The first-order chi connectivity index (χ1) is 7.60. The summed E-state index contributed by atoms with van der Waals surface area (Å²) in [6.45, 7) is 7.88. The second kappa shape index (κ2) is 5.66. The Morgan fingerprint density at radius 1 is 1.25 bits per heavy atom. The van der Waals surface area contributed by atoms with Crippen molar-refractivity contribution >= 4 is 11.5 Å². The van der Waals surface area contributed by atoms with E-state index >= 15 is 0 Å². The van der Waals surface area contributed by atoms with Crippen molar-refractivity contribution in [3.8, 4) is 0 Å². The molecule has 0 fully saturated rings. The summed E-state index contributed by atoms with van der Waals surface area (Å²) in [6, 6.07) is 7.21. The van der Waals surface area contributed by atoms with E-state index in [4.69, 9.17) is 5.73 Å². The molecule has 1 aromatic carbocycles. The predicted molar refractivity (Wildman–Crippen MR) is 68.0 cm³/mol. The van der Waals surface area contributed by atoms with E-state index in [2.05, 4.69) is 18.7 Å². The Bertz CT molecular complexity index is 339. The molecule has 1 aromatic rings. The molecule has 0 aromatic heterocycles. The lowest BCUT2D eigenvalue weighted by molar-refractivity contribution is 0.0968. The topological polar surface area (TPSA) is 46.3 Å². The summed E-state index contributed by atoms with van der Waals surface area (Å²) in [5, 5.41) is 0. The van der Waals surface area contributed by atoms with Crippen LogP contribution in [0.25, 0.3) is 0 Å². The molecule has 0 aliphatic heterocycles. The van der Waals surface area contributed by atoms with Crippen LogP contribution >= 0.6 is 0 Å². The maximum Gasteiger partial charge on any atom is 0.179 e. The molecule has 0 radical (unpaired) electrons. The molecule has 0 bridgehead atoms. The molecule has 0 heterocycles. The number of carbonyl (C=O) groups is 1. The monoisotopic (exact) mass is 220 g/mol. The molecule has 16 heavy (non-hydrogen) atoms. The van der Waals surface area contributed by atoms with Crippen LogP contribution in [-0.2, 0) is 0 Å². The Labute approximate surface area is 97.2 Å². The van der Waals surface area contributed by atoms with Gasteiger partial charge in [0, 0.05) is 24.3 Å². The second-order valence-corrected chi connectivity index (χ2v) is 3.87. The minimum Gasteiger partial charge on any atom is -0.372 e. The van der Waals surface area contributed by atoms with Gasteiger partial charge in [-0.25, -0.2) is 0 Å². The normalized spacial score (nSPS) is 12.2. The fraction of sp³-hybridized carbons (Fsp3) is 0.462. The van der Waals surface area contributed by atoms with Crippen LogP contribution in [0.2, 0.25) is 0 Å². The first kappa shape index (κ1) is 12.7. The zero-order valence-corrected chi connectivity index (χ0v) is 10.2. The van der Waals surface area contributed by atoms with Gasteiger partial charge in [-0.15, -0.1) is 0 Å². The Kier molecular flexibility index (Phi) is 4.50. The van der Waals surface area contributed by atoms with E-state index in [1.165, 1.54) is 0 Å². The summed E-state index contributed by atoms with van der Waals surface area (Å²) in [5.41, 5.74) is 7.39. The third kappa shape index (κ3) is 2.83. The summed E-state index contributed by atoms with van der Waals surface area (Å²) in [4.78, 5) is 13.9. The van der Waals surface area contributed by atoms with E-state index < -0.39 is 6.04 Å². The van der Waals surface area contributed by atoms with Gasteiger partial charge in [0.15, 0.2) is 5.78 Å². The first-order valence-electron chi connectivity index (χ1n) is 5.75. The number of nitrogens with zero attached hydrogens (tertiary/aromatic N) is 1. The molecule has 0 spiro atoms. The summed E-state index contributed by atoms with van der Waals surface area (Å²) in [5.74, 6) is -0.00824. The largest absolute Gasteiger partial charge is 0.372 e. The van der Waals surface area contributed by atoms with Crippen molar-refractivity contribution in [1.82, 2.24) is 0 Å². The number of hydrogen-bond acceptors (Lipinski definition) is 3. The van der Waals surface area contributed by atoms with Crippen LogP contribution in [0, 0.1) is 0 Å². The fourth-order valence-corrected chi connectivity index (χ4v) is 1.69. The van der Waals surface area contributed by atoms with Gasteiger partial charge < -0.3 is 10.6 Å². The molecule has 1 atom stereocenters. The van der Waals surface area contributed by atoms with Gasteiger partial charge >= 0.3 is 0 Å². The summed E-state index contributed by atoms with van der Waals surface area (Å²) in [7, 11) is 0. The SMILES string of the molecule is CCN(CC)c1ccc(C(=O)C(C)N)cc1. The average Bonchev–Trinajstić information content (AvgIpc) is 2.30. The number of ketones is 1. The van der Waals surface area contributed by atoms with Crippen LogP contribution in [0.4, 0.5) is 5.69 Å². The molecule has 2 N–H and O–H groups in total. The highest BCUT2D eigenvalue weighted by molar-refractivity contribution is 5.99. The van der Waals surface area contributed by atoms with Crippen molar-refractivity contribution in [1.29, 1.82) is 0 Å². The number of hydrogen-bond donors (Lipinski definition) is 1. The number of benzene rings is 1. The number of nitrogens with two attached hydrogens (primary N) is 1. The molecular weight excluding hydrogens is 200 g/mol. The minimum atomic E-state index is -0.431. The van der Waals surface area contributed by atoms with Crippen molar-refractivity contribution in [2.75, 3.05) is 18.0 Å². The molecule has 3 heteroatoms. The van der Waals surface area contributed by atoms with Gasteiger partial charge in [-0.3, -0.25) is 4.79 Å². The van der Waals surface area contributed by atoms with Gasteiger partial charge in [0.2, 0.25) is 0 Å². The van der Waals surface area contributed by atoms with Crippen LogP contribution in [0.3, 0.4) is 0 Å². The molecule has 0 saturated carbocycles. The summed E-state index contributed by atoms with van der Waals surface area (Å²) >= 11 is 0. The highest BCUT2D eigenvalue weighted by Crippen LogP contribution is 2.15. The molecule has 0 saturated heterocycles. The zero-order valence-electron chi connectivity index (χ0n) is 10.2. The smallest absolute Gasteiger partial charge is 0.179 e. The number of anilines is 1. The van der Waals surface area contributed by atoms with Crippen LogP contribution in [0.15, 0.2) is 24.3 Å². The summed E-state index contributed by atoms with van der Waals surface area (Å²) < 4.78 is 0. The van der Waals surface area contributed by atoms with Crippen LogP contribution < -0.4 is 10.6 Å². The highest BCUT2D eigenvalue weighted by Gasteiger charge is 2.10. The lowest BCUT2D eigenvalue weighted by atomic mass is 10.1. The summed E-state index contributed by atoms with van der Waals surface area (Å²) in [6.07, 6.45) is 0. The van der Waals surface area contributed by atoms with E-state index in [9.17, 15) is 4.79 Å². The van der Waals surface area contributed by atoms with Gasteiger partial charge in [-0.2, -0.15) is 0 Å². The van der Waals surface area contributed by atoms with Crippen molar-refractivity contribution in [2.24, 2.45) is 5.73 Å². The van der Waals surface area contributed by atoms with E-state index in [-0.39, 0.29) is 5.78 Å². The molecule has 0 aliphatic rings. The molecule has 1 rings (SSSR count). The van der Waals surface area contributed by atoms with Gasteiger partial charge in [0.05, 0.1) is 6.04 Å². The standard InChI is InChI=1S/C13H20N2O/c1-4-15(5-2)12-8-6-11(7-9-12)13(16)10(3)14/h6-10H,4-5,14H2,1-3H3. The Balaban J connectivity index is 2.86. The van der Waals surface area contributed by atoms with Crippen molar-refractivity contribution in [3.63, 3.8) is 0 Å². The Hall–Kier alpha value is -1.35. The zero-order chi connectivity index (χ0) is 12.1. The van der Waals surface area contributed by atoms with Gasteiger partial charge in [-0.1, -0.05) is 0 Å². The molecule has 3 nitrogen and oxygen atoms in total. The number of rotatable bonds is 5. The van der Waals surface area contributed by atoms with Crippen LogP contribution in [-0.4, -0.2) is 24.9 Å². The molecule has 0 aliphatic carbocycles. The highest BCUT2D eigenvalue weighted by atomic mass is 16.1. The van der Waals surface area contributed by atoms with Gasteiger partial charge in [0.1, 0.15) is 0 Å². The first-order valence-corrected chi connectivity index (χ1v) is 5.75. The van der Waals surface area contributed by atoms with E-state index in [0.29, 0.717) is 5.56 Å². The van der Waals surface area contributed by atoms with Gasteiger partial charge in [0.25, 0.3) is 0 Å². The van der Waals surface area contributed by atoms with E-state index in [0.717, 1.165) is 18.8 Å². The lowest BCUT2D eigenvalue weighted by Gasteiger charge is -2.21. The van der Waals surface area contributed by atoms with Crippen LogP contribution in [0.1, 0.15) is 31.1 Å². The molecule has 0 amide bonds. The van der Waals surface area contributed by atoms with E-state index in [1.54, 1.807) is 6.92 Å². The average molecular weight is 220 g/mol. The molecular formula is C13H20N2O. The molecule has 88 valence electrons. The predicted octanol–water partition coefficient (Wildman–Crippen LogP) is 2.06. The second-order valence-electron chi connectivity index (χ2n) is 3.87. The number of Topliss-reactive ketones (excluding diaryl/α,β-unsaturated/α-hetero) is 1. The fourth-order valence-electron chi connectivity index (χ4n) is 1.69. The number of carbonyl (C=O) groups excluding carboxylic acids is 1. The Morgan fingerprint density at radius 2 is 1.75 bits per heavy atom. The third-order valence-corrected chi connectivity index (χ3v) is 2.69. The van der Waals surface area contributed by atoms with Crippen molar-refractivity contribution < 1.29 is 4.79 Å². The lowest BCUT2D eigenvalue weighted by Crippen LogP contribution is -2.26. The maximum absolute atomic E-state index is 11.6. The minimum absolute atomic E-state index is 0.00824. The van der Waals surface area contributed by atoms with Crippen LogP contribution in [0.5, 0.6) is 0 Å². The van der Waals surface area contributed by atoms with Crippen molar-refractivity contribution in [3.05, 3.63) is 29.8 Å². The van der Waals surface area contributed by atoms with E-state index in [1.807, 2.05) is 24.3 Å². The molecule has 1 unspecified atom stereocenters. The van der Waals surface area contributed by atoms with Gasteiger partial charge in [-0.05, 0) is 45.0 Å². The van der Waals surface area contributed by atoms with Crippen molar-refractivity contribution in [2.45, 2.75) is 26.8 Å².